The Morgan fingerprint density at radius 1 is 1.02 bits per heavy atom. The van der Waals surface area contributed by atoms with Crippen LogP contribution in [-0.4, -0.2) is 47.9 Å². The molecule has 11 heteroatoms. The van der Waals surface area contributed by atoms with Gasteiger partial charge in [-0.15, -0.1) is 0 Å². The van der Waals surface area contributed by atoms with Crippen molar-refractivity contribution in [2.75, 3.05) is 26.7 Å². The Hall–Kier alpha value is -3.54. The van der Waals surface area contributed by atoms with Crippen LogP contribution in [-0.2, 0) is 18.0 Å². The van der Waals surface area contributed by atoms with E-state index in [0.29, 0.717) is 24.2 Å². The van der Waals surface area contributed by atoms with Crippen molar-refractivity contribution in [1.29, 1.82) is 0 Å². The fraction of sp³-hybridized carbons (Fsp3) is 0.429. The summed E-state index contributed by atoms with van der Waals surface area (Å²) in [6.45, 7) is 4.80. The second-order valence-electron chi connectivity index (χ2n) is 11.4. The summed E-state index contributed by atoms with van der Waals surface area (Å²) < 4.78 is 48.7. The maximum absolute atomic E-state index is 12.8. The van der Waals surface area contributed by atoms with Crippen LogP contribution in [0.4, 0.5) is 13.2 Å². The Balaban J connectivity index is 0.000000451. The molecule has 3 aromatic carbocycles. The highest BCUT2D eigenvalue weighted by Crippen LogP contribution is 2.38. The van der Waals surface area contributed by atoms with Crippen molar-refractivity contribution in [3.63, 3.8) is 0 Å². The van der Waals surface area contributed by atoms with E-state index in [-0.39, 0.29) is 6.47 Å². The summed E-state index contributed by atoms with van der Waals surface area (Å²) in [5, 5.41) is 10.1. The van der Waals surface area contributed by atoms with Crippen molar-refractivity contribution in [3.05, 3.63) is 83.7 Å². The number of aryl methyl sites for hydroxylation is 2. The first kappa shape index (κ1) is 36.9. The summed E-state index contributed by atoms with van der Waals surface area (Å²) in [6, 6.07) is 20.2. The van der Waals surface area contributed by atoms with Crippen molar-refractivity contribution < 1.29 is 27.8 Å². The van der Waals surface area contributed by atoms with E-state index >= 15 is 0 Å². The number of halogens is 3. The number of hydrogen-bond donors (Lipinski definition) is 4. The van der Waals surface area contributed by atoms with Crippen molar-refractivity contribution >= 4 is 30.3 Å². The number of carboxylic acid groups (broad SMARTS) is 1. The predicted octanol–water partition coefficient (Wildman–Crippen LogP) is 8.04. The standard InChI is InChI=1S/C29H29F3N2O.C4H9N.CH5NS.CH2O2/c1-19-33-27-17-24(10-15-28(27)34(19)2)22-8-6-21(7-9-22)23-5-3-4-20(16-23)18-35-26-13-11-25(12-14-26)29(30,31)32;1-2-4-5-3-1;1-2-3;2-1-3/h6-15,17,20,23H,3-5,16,18H2,1-2H3;5H,1-4H2;2-3H,1H3;1H,(H,2,3). The highest BCUT2D eigenvalue weighted by atomic mass is 32.1. The first-order chi connectivity index (χ1) is 22.1. The van der Waals surface area contributed by atoms with Crippen molar-refractivity contribution in [2.45, 2.75) is 57.5 Å². The molecule has 2 fully saturated rings. The smallest absolute Gasteiger partial charge is 0.416 e. The lowest BCUT2D eigenvalue weighted by Crippen LogP contribution is -2.20. The second-order valence-corrected chi connectivity index (χ2v) is 11.8. The molecule has 3 N–H and O–H groups in total. The van der Waals surface area contributed by atoms with E-state index in [4.69, 9.17) is 14.6 Å². The topological polar surface area (TPSA) is 88.4 Å². The van der Waals surface area contributed by atoms with Crippen LogP contribution in [0.3, 0.4) is 0 Å². The monoisotopic (exact) mass is 658 g/mol. The van der Waals surface area contributed by atoms with E-state index in [2.05, 4.69) is 74.9 Å². The van der Waals surface area contributed by atoms with Crippen molar-refractivity contribution in [2.24, 2.45) is 13.0 Å². The molecule has 1 aromatic heterocycles. The van der Waals surface area contributed by atoms with Gasteiger partial charge in [-0.3, -0.25) is 9.52 Å². The lowest BCUT2D eigenvalue weighted by Gasteiger charge is -2.29. The number of rotatable bonds is 5. The molecule has 0 amide bonds. The van der Waals surface area contributed by atoms with Gasteiger partial charge in [0.25, 0.3) is 6.47 Å². The van der Waals surface area contributed by atoms with Crippen LogP contribution < -0.4 is 14.8 Å². The van der Waals surface area contributed by atoms with Gasteiger partial charge in [0, 0.05) is 7.05 Å². The number of aromatic nitrogens is 2. The van der Waals surface area contributed by atoms with Gasteiger partial charge < -0.3 is 19.7 Å². The molecular formula is C35H45F3N4O3S. The van der Waals surface area contributed by atoms with Gasteiger partial charge in [-0.25, -0.2) is 4.98 Å². The van der Waals surface area contributed by atoms with Gasteiger partial charge >= 0.3 is 6.18 Å². The van der Waals surface area contributed by atoms with Crippen LogP contribution in [0.2, 0.25) is 0 Å². The zero-order valence-corrected chi connectivity index (χ0v) is 27.6. The average molecular weight is 659 g/mol. The van der Waals surface area contributed by atoms with E-state index in [1.165, 1.54) is 49.2 Å². The molecule has 1 aliphatic heterocycles. The lowest BCUT2D eigenvalue weighted by atomic mass is 9.78. The number of nitrogens with zero attached hydrogens (tertiary/aromatic N) is 2. The molecular weight excluding hydrogens is 613 g/mol. The number of imidazole rings is 1. The highest BCUT2D eigenvalue weighted by Gasteiger charge is 2.30. The molecule has 0 radical (unpaired) electrons. The molecule has 1 saturated heterocycles. The normalized spacial score (nSPS) is 17.5. The maximum Gasteiger partial charge on any atom is 0.416 e. The number of alkyl halides is 3. The molecule has 0 spiro atoms. The summed E-state index contributed by atoms with van der Waals surface area (Å²) in [4.78, 5) is 13.0. The zero-order chi connectivity index (χ0) is 33.5. The van der Waals surface area contributed by atoms with Crippen LogP contribution in [0, 0.1) is 12.8 Å². The molecule has 2 atom stereocenters. The van der Waals surface area contributed by atoms with E-state index in [9.17, 15) is 13.2 Å². The quantitative estimate of drug-likeness (QED) is 0.128. The molecule has 2 heterocycles. The van der Waals surface area contributed by atoms with E-state index in [0.717, 1.165) is 60.2 Å². The van der Waals surface area contributed by atoms with Crippen LogP contribution >= 0.6 is 12.8 Å². The third kappa shape index (κ3) is 11.1. The first-order valence-corrected chi connectivity index (χ1v) is 16.0. The molecule has 4 aromatic rings. The summed E-state index contributed by atoms with van der Waals surface area (Å²) in [7, 11) is 3.77. The van der Waals surface area contributed by atoms with Gasteiger partial charge in [0.15, 0.2) is 0 Å². The van der Waals surface area contributed by atoms with Crippen LogP contribution in [0.1, 0.15) is 61.4 Å². The lowest BCUT2D eigenvalue weighted by molar-refractivity contribution is -0.137. The van der Waals surface area contributed by atoms with Gasteiger partial charge in [0.2, 0.25) is 0 Å². The average Bonchev–Trinajstić information content (AvgIpc) is 3.73. The maximum atomic E-state index is 12.8. The predicted molar refractivity (Wildman–Crippen MR) is 181 cm³/mol. The Labute approximate surface area is 275 Å². The molecule has 2 unspecified atom stereocenters. The Bertz CT molecular complexity index is 1470. The van der Waals surface area contributed by atoms with Crippen LogP contribution in [0.15, 0.2) is 66.7 Å². The van der Waals surface area contributed by atoms with Crippen LogP contribution in [0.5, 0.6) is 5.75 Å². The number of thiol groups is 1. The van der Waals surface area contributed by atoms with Gasteiger partial charge in [-0.1, -0.05) is 49.6 Å². The zero-order valence-electron chi connectivity index (χ0n) is 26.7. The number of hydrogen-bond acceptors (Lipinski definition) is 6. The van der Waals surface area contributed by atoms with Crippen molar-refractivity contribution in [1.82, 2.24) is 19.6 Å². The number of nitrogens with one attached hydrogen (secondary N) is 2. The molecule has 250 valence electrons. The largest absolute Gasteiger partial charge is 0.493 e. The Morgan fingerprint density at radius 3 is 2.20 bits per heavy atom. The van der Waals surface area contributed by atoms with Gasteiger partial charge in [-0.05, 0) is 124 Å². The summed E-state index contributed by atoms with van der Waals surface area (Å²) in [6.07, 6.45) is 2.84. The third-order valence-corrected chi connectivity index (χ3v) is 8.23. The van der Waals surface area contributed by atoms with Crippen LogP contribution in [0.25, 0.3) is 22.2 Å². The Morgan fingerprint density at radius 2 is 1.63 bits per heavy atom. The Kier molecular flexibility index (Phi) is 14.9. The molecule has 7 nitrogen and oxygen atoms in total. The second kappa shape index (κ2) is 18.6. The fourth-order valence-corrected chi connectivity index (χ4v) is 5.77. The molecule has 6 rings (SSSR count). The van der Waals surface area contributed by atoms with E-state index < -0.39 is 11.7 Å². The summed E-state index contributed by atoms with van der Waals surface area (Å²) in [5.74, 6) is 2.36. The van der Waals surface area contributed by atoms with Crippen molar-refractivity contribution in [3.8, 4) is 16.9 Å². The minimum atomic E-state index is -4.32. The number of fused-ring (bicyclic) bond motifs is 1. The summed E-state index contributed by atoms with van der Waals surface area (Å²) in [5.41, 5.74) is 5.17. The first-order valence-electron chi connectivity index (χ1n) is 15.5. The molecule has 0 bridgehead atoms. The third-order valence-electron chi connectivity index (χ3n) is 8.23. The fourth-order valence-electron chi connectivity index (χ4n) is 5.77. The number of carbonyl (C=O) groups is 1. The molecule has 1 aliphatic carbocycles. The minimum Gasteiger partial charge on any atom is -0.493 e. The highest BCUT2D eigenvalue weighted by molar-refractivity contribution is 7.78. The van der Waals surface area contributed by atoms with E-state index in [1.807, 2.05) is 14.0 Å². The van der Waals surface area contributed by atoms with Gasteiger partial charge in [0.1, 0.15) is 11.6 Å². The summed E-state index contributed by atoms with van der Waals surface area (Å²) >= 11 is 3.54. The minimum absolute atomic E-state index is 0.250. The molecule has 46 heavy (non-hydrogen) atoms. The SMILES string of the molecule is C1CCNC1.CNS.Cc1nc2cc(-c3ccc(C4CCCC(COc5ccc(C(F)(F)F)cc5)C4)cc3)ccc2n1C.O=CO. The van der Waals surface area contributed by atoms with E-state index in [1.54, 1.807) is 7.05 Å². The van der Waals surface area contributed by atoms with Gasteiger partial charge in [0.05, 0.1) is 23.2 Å². The number of benzene rings is 3. The molecule has 2 aliphatic rings. The number of ether oxygens (including phenoxy) is 1. The van der Waals surface area contributed by atoms with Gasteiger partial charge in [-0.2, -0.15) is 13.2 Å². The molecule has 1 saturated carbocycles.